The van der Waals surface area contributed by atoms with Crippen LogP contribution in [0.5, 0.6) is 0 Å². The van der Waals surface area contributed by atoms with Crippen LogP contribution in [0.25, 0.3) is 0 Å². The van der Waals surface area contributed by atoms with E-state index in [-0.39, 0.29) is 23.9 Å². The lowest BCUT2D eigenvalue weighted by Crippen LogP contribution is -2.31. The van der Waals surface area contributed by atoms with E-state index in [1.54, 1.807) is 6.07 Å². The maximum absolute atomic E-state index is 12.0. The molecule has 0 saturated heterocycles. The second-order valence-corrected chi connectivity index (χ2v) is 5.01. The highest BCUT2D eigenvalue weighted by molar-refractivity contribution is 7.89. The zero-order valence-electron chi connectivity index (χ0n) is 8.79. The maximum Gasteiger partial charge on any atom is 0.262 e. The van der Waals surface area contributed by atoms with Crippen molar-refractivity contribution in [2.45, 2.75) is 5.03 Å². The van der Waals surface area contributed by atoms with Crippen molar-refractivity contribution >= 4 is 15.7 Å². The molecule has 0 aliphatic rings. The topological polar surface area (TPSA) is 109 Å². The highest BCUT2D eigenvalue weighted by Gasteiger charge is 2.24. The van der Waals surface area contributed by atoms with Crippen molar-refractivity contribution in [1.29, 1.82) is 0 Å². The molecule has 1 aromatic heterocycles. The van der Waals surface area contributed by atoms with Crippen LogP contribution in [0.3, 0.4) is 0 Å². The maximum atomic E-state index is 12.0. The molecular weight excluding hydrogens is 232 g/mol. The molecule has 0 unspecified atom stereocenters. The molecule has 4 N–H and O–H groups in total. The molecule has 0 bridgehead atoms. The third kappa shape index (κ3) is 2.47. The number of aliphatic hydroxyl groups excluding tert-OH is 1. The summed E-state index contributed by atoms with van der Waals surface area (Å²) in [5.41, 5.74) is 2.48. The second kappa shape index (κ2) is 5.21. The van der Waals surface area contributed by atoms with Crippen LogP contribution in [0.4, 0.5) is 5.69 Å². The lowest BCUT2D eigenvalue weighted by Gasteiger charge is -2.16. The summed E-state index contributed by atoms with van der Waals surface area (Å²) in [4.78, 5) is 3.77. The standard InChI is InChI=1S/C8H14N4O3S/c1-12(5-6-13)16(14,15)8-7(11-9)3-2-4-10-8/h2-4,11,13H,5-6,9H2,1H3. The molecule has 0 spiro atoms. The molecule has 0 amide bonds. The summed E-state index contributed by atoms with van der Waals surface area (Å²) >= 11 is 0. The molecule has 0 aromatic carbocycles. The number of hydrazine groups is 1. The number of anilines is 1. The van der Waals surface area contributed by atoms with Crippen LogP contribution in [0.2, 0.25) is 0 Å². The number of nitrogen functional groups attached to an aromatic ring is 1. The number of likely N-dealkylation sites (N-methyl/N-ethyl adjacent to an activating group) is 1. The SMILES string of the molecule is CN(CCO)S(=O)(=O)c1ncccc1NN. The van der Waals surface area contributed by atoms with Gasteiger partial charge in [0.25, 0.3) is 10.0 Å². The second-order valence-electron chi connectivity index (χ2n) is 3.05. The number of nitrogens with zero attached hydrogens (tertiary/aromatic N) is 2. The van der Waals surface area contributed by atoms with Gasteiger partial charge in [-0.2, -0.15) is 4.31 Å². The fraction of sp³-hybridized carbons (Fsp3) is 0.375. The minimum atomic E-state index is -3.72. The molecule has 1 aromatic rings. The minimum absolute atomic E-state index is 0.00290. The number of hydrogen-bond donors (Lipinski definition) is 3. The van der Waals surface area contributed by atoms with Crippen molar-refractivity contribution in [2.75, 3.05) is 25.6 Å². The van der Waals surface area contributed by atoms with E-state index in [1.165, 1.54) is 19.3 Å². The smallest absolute Gasteiger partial charge is 0.262 e. The van der Waals surface area contributed by atoms with E-state index in [0.29, 0.717) is 0 Å². The lowest BCUT2D eigenvalue weighted by atomic mass is 10.4. The Balaban J connectivity index is 3.16. The van der Waals surface area contributed by atoms with E-state index in [2.05, 4.69) is 10.4 Å². The quantitative estimate of drug-likeness (QED) is 0.453. The van der Waals surface area contributed by atoms with Gasteiger partial charge in [-0.25, -0.2) is 13.4 Å². The molecule has 0 atom stereocenters. The van der Waals surface area contributed by atoms with Gasteiger partial charge in [0.1, 0.15) is 0 Å². The van der Waals surface area contributed by atoms with E-state index in [9.17, 15) is 8.42 Å². The van der Waals surface area contributed by atoms with Gasteiger partial charge in [0.15, 0.2) is 5.03 Å². The number of aromatic nitrogens is 1. The average molecular weight is 246 g/mol. The number of rotatable bonds is 5. The highest BCUT2D eigenvalue weighted by Crippen LogP contribution is 2.19. The van der Waals surface area contributed by atoms with Crippen LogP contribution in [-0.2, 0) is 10.0 Å². The number of sulfonamides is 1. The van der Waals surface area contributed by atoms with Crippen LogP contribution in [0.15, 0.2) is 23.4 Å². The van der Waals surface area contributed by atoms with Gasteiger partial charge in [0.2, 0.25) is 0 Å². The summed E-state index contributed by atoms with van der Waals surface area (Å²) in [5, 5.41) is 8.55. The summed E-state index contributed by atoms with van der Waals surface area (Å²) < 4.78 is 24.9. The molecule has 0 saturated carbocycles. The first kappa shape index (κ1) is 12.8. The Morgan fingerprint density at radius 3 is 2.88 bits per heavy atom. The van der Waals surface area contributed by atoms with E-state index in [4.69, 9.17) is 10.9 Å². The van der Waals surface area contributed by atoms with Gasteiger partial charge >= 0.3 is 0 Å². The zero-order chi connectivity index (χ0) is 12.2. The Morgan fingerprint density at radius 2 is 2.31 bits per heavy atom. The minimum Gasteiger partial charge on any atom is -0.395 e. The van der Waals surface area contributed by atoms with Gasteiger partial charge in [-0.1, -0.05) is 0 Å². The molecule has 90 valence electrons. The first-order chi connectivity index (χ1) is 7.54. The van der Waals surface area contributed by atoms with Gasteiger partial charge in [0.05, 0.1) is 12.3 Å². The highest BCUT2D eigenvalue weighted by atomic mass is 32.2. The van der Waals surface area contributed by atoms with Crippen LogP contribution in [0, 0.1) is 0 Å². The largest absolute Gasteiger partial charge is 0.395 e. The molecule has 1 rings (SSSR count). The first-order valence-electron chi connectivity index (χ1n) is 4.53. The normalized spacial score (nSPS) is 11.8. The average Bonchev–Trinajstić information content (AvgIpc) is 2.29. The Labute approximate surface area is 93.9 Å². The fourth-order valence-corrected chi connectivity index (χ4v) is 2.33. The predicted octanol–water partition coefficient (Wildman–Crippen LogP) is -1.02. The summed E-state index contributed by atoms with van der Waals surface area (Å²) in [6.45, 7) is -0.253. The molecule has 8 heteroatoms. The van der Waals surface area contributed by atoms with Crippen LogP contribution < -0.4 is 11.3 Å². The van der Waals surface area contributed by atoms with E-state index in [1.807, 2.05) is 0 Å². The number of hydrogen-bond acceptors (Lipinski definition) is 6. The van der Waals surface area contributed by atoms with Crippen molar-refractivity contribution in [2.24, 2.45) is 5.84 Å². The third-order valence-corrected chi connectivity index (χ3v) is 3.81. The lowest BCUT2D eigenvalue weighted by molar-refractivity contribution is 0.266. The molecule has 7 nitrogen and oxygen atoms in total. The van der Waals surface area contributed by atoms with E-state index < -0.39 is 10.0 Å². The predicted molar refractivity (Wildman–Crippen MR) is 58.9 cm³/mol. The van der Waals surface area contributed by atoms with E-state index in [0.717, 1.165) is 4.31 Å². The van der Waals surface area contributed by atoms with Crippen molar-refractivity contribution in [1.82, 2.24) is 9.29 Å². The van der Waals surface area contributed by atoms with Crippen molar-refractivity contribution < 1.29 is 13.5 Å². The molecule has 1 heterocycles. The van der Waals surface area contributed by atoms with Crippen molar-refractivity contribution in [3.8, 4) is 0 Å². The van der Waals surface area contributed by atoms with Gasteiger partial charge in [-0.05, 0) is 12.1 Å². The Hall–Kier alpha value is -1.22. The van der Waals surface area contributed by atoms with Gasteiger partial charge in [-0.3, -0.25) is 5.84 Å². The Morgan fingerprint density at radius 1 is 1.62 bits per heavy atom. The Bertz CT molecular complexity index is 448. The van der Waals surface area contributed by atoms with Crippen molar-refractivity contribution in [3.63, 3.8) is 0 Å². The number of aliphatic hydroxyl groups is 1. The van der Waals surface area contributed by atoms with Crippen LogP contribution >= 0.6 is 0 Å². The number of nitrogens with two attached hydrogens (primary N) is 1. The van der Waals surface area contributed by atoms with Gasteiger partial charge in [0, 0.05) is 19.8 Å². The summed E-state index contributed by atoms with van der Waals surface area (Å²) in [5.74, 6) is 5.20. The number of pyridine rings is 1. The molecule has 0 aliphatic carbocycles. The molecule has 16 heavy (non-hydrogen) atoms. The monoisotopic (exact) mass is 246 g/mol. The Kier molecular flexibility index (Phi) is 4.19. The third-order valence-electron chi connectivity index (χ3n) is 2.00. The summed E-state index contributed by atoms with van der Waals surface area (Å²) in [7, 11) is -2.36. The fourth-order valence-electron chi connectivity index (χ4n) is 1.11. The van der Waals surface area contributed by atoms with E-state index >= 15 is 0 Å². The van der Waals surface area contributed by atoms with Gasteiger partial charge in [-0.15, -0.1) is 0 Å². The number of nitrogens with one attached hydrogen (secondary N) is 1. The molecular formula is C8H14N4O3S. The molecule has 0 radical (unpaired) electrons. The van der Waals surface area contributed by atoms with Gasteiger partial charge < -0.3 is 10.5 Å². The summed E-state index contributed by atoms with van der Waals surface area (Å²) in [6.07, 6.45) is 1.36. The molecule has 0 fully saturated rings. The zero-order valence-corrected chi connectivity index (χ0v) is 9.61. The van der Waals surface area contributed by atoms with Crippen LogP contribution in [-0.4, -0.2) is 43.0 Å². The first-order valence-corrected chi connectivity index (χ1v) is 5.97. The van der Waals surface area contributed by atoms with Crippen molar-refractivity contribution in [3.05, 3.63) is 18.3 Å². The van der Waals surface area contributed by atoms with Crippen LogP contribution in [0.1, 0.15) is 0 Å². The summed E-state index contributed by atoms with van der Waals surface area (Å²) in [6, 6.07) is 3.08. The molecule has 0 aliphatic heterocycles.